The zero-order valence-corrected chi connectivity index (χ0v) is 15.4. The van der Waals surface area contributed by atoms with Crippen LogP contribution in [0.15, 0.2) is 24.5 Å². The van der Waals surface area contributed by atoms with Crippen LogP contribution in [0.1, 0.15) is 29.9 Å². The van der Waals surface area contributed by atoms with E-state index in [0.29, 0.717) is 5.41 Å². The highest BCUT2D eigenvalue weighted by Crippen LogP contribution is 2.49. The van der Waals surface area contributed by atoms with Crippen LogP contribution < -0.4 is 5.32 Å². The highest BCUT2D eigenvalue weighted by molar-refractivity contribution is 5.50. The molecule has 7 heteroatoms. The molecule has 0 bridgehead atoms. The molecule has 5 rings (SSSR count). The summed E-state index contributed by atoms with van der Waals surface area (Å²) in [7, 11) is 0. The highest BCUT2D eigenvalue weighted by atomic mass is 15.3. The predicted octanol–water partition coefficient (Wildman–Crippen LogP) is 2.14. The molecule has 0 saturated heterocycles. The summed E-state index contributed by atoms with van der Waals surface area (Å²) in [4.78, 5) is 4.61. The summed E-state index contributed by atoms with van der Waals surface area (Å²) < 4.78 is 6.55. The monoisotopic (exact) mass is 351 g/mol. The summed E-state index contributed by atoms with van der Waals surface area (Å²) in [5.74, 6) is 0.978. The van der Waals surface area contributed by atoms with Crippen molar-refractivity contribution >= 4 is 0 Å². The Labute approximate surface area is 153 Å². The Morgan fingerprint density at radius 1 is 1.15 bits per heavy atom. The number of aromatic nitrogens is 6. The van der Waals surface area contributed by atoms with E-state index < -0.39 is 0 Å². The molecule has 7 nitrogen and oxygen atoms in total. The molecule has 3 aromatic heterocycles. The standard InChI is InChI=1S/C19H25N7/c1-14-9-15(2)26(22-14)13-19(3-4-19)12-24-7-6-21-18(24)17-10-16-11-20-5-8-25(16)23-17/h6-7,9-10,20H,3-5,8,11-13H2,1-2H3. The fraction of sp³-hybridized carbons (Fsp3) is 0.526. The van der Waals surface area contributed by atoms with E-state index in [1.54, 1.807) is 0 Å². The van der Waals surface area contributed by atoms with Gasteiger partial charge in [-0.1, -0.05) is 0 Å². The highest BCUT2D eigenvalue weighted by Gasteiger charge is 2.44. The number of rotatable bonds is 5. The third-order valence-corrected chi connectivity index (χ3v) is 5.67. The summed E-state index contributed by atoms with van der Waals surface area (Å²) in [6, 6.07) is 4.33. The second kappa shape index (κ2) is 5.81. The van der Waals surface area contributed by atoms with Crippen molar-refractivity contribution in [2.24, 2.45) is 5.41 Å². The predicted molar refractivity (Wildman–Crippen MR) is 98.5 cm³/mol. The van der Waals surface area contributed by atoms with Crippen molar-refractivity contribution in [3.8, 4) is 11.5 Å². The van der Waals surface area contributed by atoms with Gasteiger partial charge in [0.1, 0.15) is 5.69 Å². The Morgan fingerprint density at radius 2 is 2.04 bits per heavy atom. The maximum Gasteiger partial charge on any atom is 0.160 e. The van der Waals surface area contributed by atoms with Crippen LogP contribution in [0, 0.1) is 19.3 Å². The summed E-state index contributed by atoms with van der Waals surface area (Å²) in [5.41, 5.74) is 4.85. The van der Waals surface area contributed by atoms with Gasteiger partial charge in [0.2, 0.25) is 0 Å². The molecule has 0 radical (unpaired) electrons. The van der Waals surface area contributed by atoms with Gasteiger partial charge in [-0.15, -0.1) is 0 Å². The smallest absolute Gasteiger partial charge is 0.160 e. The molecular weight excluding hydrogens is 326 g/mol. The molecular formula is C19H25N7. The van der Waals surface area contributed by atoms with Crippen molar-refractivity contribution in [2.75, 3.05) is 6.54 Å². The average Bonchev–Trinajstić information content (AvgIpc) is 2.96. The first-order valence-corrected chi connectivity index (χ1v) is 9.42. The first-order chi connectivity index (χ1) is 12.6. The minimum Gasteiger partial charge on any atom is -0.329 e. The SMILES string of the molecule is Cc1cc(C)n(CC2(Cn3ccnc3-c3cc4n(n3)CCNC4)CC2)n1. The fourth-order valence-corrected chi connectivity index (χ4v) is 4.03. The van der Waals surface area contributed by atoms with E-state index in [2.05, 4.69) is 61.5 Å². The second-order valence-electron chi connectivity index (χ2n) is 7.88. The molecule has 0 unspecified atom stereocenters. The molecule has 1 aliphatic heterocycles. The lowest BCUT2D eigenvalue weighted by Gasteiger charge is -2.18. The molecule has 1 saturated carbocycles. The van der Waals surface area contributed by atoms with Crippen molar-refractivity contribution in [1.29, 1.82) is 0 Å². The van der Waals surface area contributed by atoms with Crippen LogP contribution in [0.5, 0.6) is 0 Å². The molecule has 0 spiro atoms. The zero-order chi connectivity index (χ0) is 17.7. The number of aryl methyl sites for hydroxylation is 2. The van der Waals surface area contributed by atoms with Gasteiger partial charge in [-0.3, -0.25) is 9.36 Å². The number of hydrogen-bond donors (Lipinski definition) is 1. The average molecular weight is 351 g/mol. The van der Waals surface area contributed by atoms with E-state index in [1.165, 1.54) is 24.2 Å². The Balaban J connectivity index is 1.39. The number of nitrogens with zero attached hydrogens (tertiary/aromatic N) is 6. The molecule has 4 heterocycles. The van der Waals surface area contributed by atoms with Crippen LogP contribution in [0.4, 0.5) is 0 Å². The lowest BCUT2D eigenvalue weighted by molar-refractivity contribution is 0.342. The lowest BCUT2D eigenvalue weighted by atomic mass is 10.1. The van der Waals surface area contributed by atoms with Gasteiger partial charge in [0, 0.05) is 49.7 Å². The number of fused-ring (bicyclic) bond motifs is 1. The molecule has 26 heavy (non-hydrogen) atoms. The van der Waals surface area contributed by atoms with E-state index in [1.807, 2.05) is 6.20 Å². The van der Waals surface area contributed by atoms with E-state index >= 15 is 0 Å². The Kier molecular flexibility index (Phi) is 3.53. The van der Waals surface area contributed by atoms with Crippen molar-refractivity contribution < 1.29 is 0 Å². The molecule has 2 aliphatic rings. The molecule has 136 valence electrons. The van der Waals surface area contributed by atoms with Crippen molar-refractivity contribution in [1.82, 2.24) is 34.4 Å². The molecule has 0 aromatic carbocycles. The second-order valence-corrected chi connectivity index (χ2v) is 7.88. The van der Waals surface area contributed by atoms with Gasteiger partial charge in [-0.25, -0.2) is 4.98 Å². The normalized spacial score (nSPS) is 18.1. The van der Waals surface area contributed by atoms with Crippen molar-refractivity contribution in [3.63, 3.8) is 0 Å². The number of nitrogens with one attached hydrogen (secondary N) is 1. The van der Waals surface area contributed by atoms with Crippen molar-refractivity contribution in [3.05, 3.63) is 41.6 Å². The van der Waals surface area contributed by atoms with Crippen LogP contribution in [0.2, 0.25) is 0 Å². The number of hydrogen-bond acceptors (Lipinski definition) is 4. The largest absolute Gasteiger partial charge is 0.329 e. The van der Waals surface area contributed by atoms with Crippen LogP contribution in [-0.4, -0.2) is 35.7 Å². The molecule has 0 atom stereocenters. The van der Waals surface area contributed by atoms with E-state index in [9.17, 15) is 0 Å². The minimum atomic E-state index is 0.291. The van der Waals surface area contributed by atoms with Crippen LogP contribution >= 0.6 is 0 Å². The van der Waals surface area contributed by atoms with Gasteiger partial charge in [0.05, 0.1) is 17.9 Å². The van der Waals surface area contributed by atoms with E-state index in [0.717, 1.165) is 49.9 Å². The van der Waals surface area contributed by atoms with Gasteiger partial charge >= 0.3 is 0 Å². The third-order valence-electron chi connectivity index (χ3n) is 5.67. The minimum absolute atomic E-state index is 0.291. The first kappa shape index (κ1) is 15.8. The van der Waals surface area contributed by atoms with E-state index in [4.69, 9.17) is 5.10 Å². The molecule has 1 aliphatic carbocycles. The van der Waals surface area contributed by atoms with Crippen LogP contribution in [0.25, 0.3) is 11.5 Å². The lowest BCUT2D eigenvalue weighted by Crippen LogP contribution is -2.28. The zero-order valence-electron chi connectivity index (χ0n) is 15.4. The van der Waals surface area contributed by atoms with Gasteiger partial charge in [0.25, 0.3) is 0 Å². The van der Waals surface area contributed by atoms with Gasteiger partial charge < -0.3 is 9.88 Å². The summed E-state index contributed by atoms with van der Waals surface area (Å²) in [6.45, 7) is 8.95. The van der Waals surface area contributed by atoms with Gasteiger partial charge in [-0.2, -0.15) is 10.2 Å². The summed E-state index contributed by atoms with van der Waals surface area (Å²) in [5, 5.41) is 12.8. The van der Waals surface area contributed by atoms with Crippen LogP contribution in [0.3, 0.4) is 0 Å². The Hall–Kier alpha value is -2.41. The Bertz CT molecular complexity index is 918. The third kappa shape index (κ3) is 2.76. The molecule has 1 N–H and O–H groups in total. The summed E-state index contributed by atoms with van der Waals surface area (Å²) >= 11 is 0. The molecule has 1 fully saturated rings. The van der Waals surface area contributed by atoms with Gasteiger partial charge in [0.15, 0.2) is 5.82 Å². The molecule has 0 amide bonds. The van der Waals surface area contributed by atoms with Gasteiger partial charge in [-0.05, 0) is 38.8 Å². The topological polar surface area (TPSA) is 65.5 Å². The molecule has 3 aromatic rings. The fourth-order valence-electron chi connectivity index (χ4n) is 4.03. The maximum atomic E-state index is 4.78. The maximum absolute atomic E-state index is 4.78. The summed E-state index contributed by atoms with van der Waals surface area (Å²) in [6.07, 6.45) is 6.47. The van der Waals surface area contributed by atoms with Crippen LogP contribution in [-0.2, 0) is 26.2 Å². The Morgan fingerprint density at radius 3 is 2.77 bits per heavy atom. The quantitative estimate of drug-likeness (QED) is 0.765. The van der Waals surface area contributed by atoms with E-state index in [-0.39, 0.29) is 0 Å². The first-order valence-electron chi connectivity index (χ1n) is 9.42. The van der Waals surface area contributed by atoms with Crippen molar-refractivity contribution in [2.45, 2.75) is 52.9 Å². The number of imidazole rings is 1.